The lowest BCUT2D eigenvalue weighted by molar-refractivity contribution is -0.140. The van der Waals surface area contributed by atoms with Crippen molar-refractivity contribution in [1.82, 2.24) is 5.59 Å². The van der Waals surface area contributed by atoms with Gasteiger partial charge in [0.2, 0.25) is 0 Å². The van der Waals surface area contributed by atoms with E-state index in [9.17, 15) is 9.59 Å². The molecule has 1 saturated heterocycles. The summed E-state index contributed by atoms with van der Waals surface area (Å²) in [4.78, 5) is 33.2. The quantitative estimate of drug-likeness (QED) is 0.824. The number of nitrogens with one attached hydrogen (secondary N) is 1. The van der Waals surface area contributed by atoms with E-state index in [0.717, 1.165) is 11.3 Å². The third-order valence-corrected chi connectivity index (χ3v) is 3.90. The van der Waals surface area contributed by atoms with E-state index in [1.54, 1.807) is 12.1 Å². The Morgan fingerprint density at radius 2 is 1.83 bits per heavy atom. The zero-order valence-electron chi connectivity index (χ0n) is 12.8. The molecule has 0 radical (unpaired) electrons. The fourth-order valence-corrected chi connectivity index (χ4v) is 2.65. The van der Waals surface area contributed by atoms with Gasteiger partial charge >= 0.3 is 5.97 Å². The Bertz CT molecular complexity index is 1010. The number of amides is 1. The molecule has 2 aromatic rings. The summed E-state index contributed by atoms with van der Waals surface area (Å²) in [5.41, 5.74) is 5.00. The molecule has 2 aromatic carbocycles. The second-order valence-electron chi connectivity index (χ2n) is 5.53. The molecule has 4 rings (SSSR count). The summed E-state index contributed by atoms with van der Waals surface area (Å²) in [7, 11) is 0. The van der Waals surface area contributed by atoms with Gasteiger partial charge < -0.3 is 4.84 Å². The van der Waals surface area contributed by atoms with E-state index < -0.39 is 5.97 Å². The summed E-state index contributed by atoms with van der Waals surface area (Å²) in [5.74, 6) is -0.924. The van der Waals surface area contributed by atoms with Crippen LogP contribution in [0.15, 0.2) is 65.3 Å². The summed E-state index contributed by atoms with van der Waals surface area (Å²) in [5, 5.41) is 2.82. The Morgan fingerprint density at radius 1 is 1.08 bits per heavy atom. The van der Waals surface area contributed by atoms with Crippen LogP contribution in [0.25, 0.3) is 5.57 Å². The van der Waals surface area contributed by atoms with Gasteiger partial charge in [-0.1, -0.05) is 41.5 Å². The standard InChI is InChI=1S/C18H13N3O3/c1-11-6-8-12(9-7-11)21-16(18(23)24-20-21)10-14-13-4-2-3-5-15(13)19-17(14)22/h2-10,20H,1H3. The molecule has 0 atom stereocenters. The van der Waals surface area contributed by atoms with Gasteiger partial charge in [0, 0.05) is 5.22 Å². The van der Waals surface area contributed by atoms with Crippen LogP contribution < -0.4 is 21.2 Å². The minimum atomic E-state index is -0.555. The van der Waals surface area contributed by atoms with Crippen LogP contribution in [0.2, 0.25) is 0 Å². The van der Waals surface area contributed by atoms with Gasteiger partial charge in [0.15, 0.2) is 0 Å². The van der Waals surface area contributed by atoms with Crippen LogP contribution >= 0.6 is 0 Å². The van der Waals surface area contributed by atoms with E-state index >= 15 is 0 Å². The van der Waals surface area contributed by atoms with E-state index in [1.165, 1.54) is 11.1 Å². The van der Waals surface area contributed by atoms with E-state index in [0.29, 0.717) is 16.1 Å². The first-order valence-electron chi connectivity index (χ1n) is 7.41. The summed E-state index contributed by atoms with van der Waals surface area (Å²) in [6.45, 7) is 1.98. The number of para-hydroxylation sites is 1. The maximum Gasteiger partial charge on any atom is 0.376 e. The molecule has 0 bridgehead atoms. The Kier molecular flexibility index (Phi) is 3.25. The molecule has 0 spiro atoms. The molecular formula is C18H13N3O3. The summed E-state index contributed by atoms with van der Waals surface area (Å²) in [6.07, 6.45) is 1.51. The van der Waals surface area contributed by atoms with Crippen molar-refractivity contribution in [2.45, 2.75) is 6.92 Å². The Morgan fingerprint density at radius 3 is 2.62 bits per heavy atom. The molecule has 118 valence electrons. The molecule has 0 aliphatic carbocycles. The normalized spacial score (nSPS) is 18.0. The highest BCUT2D eigenvalue weighted by atomic mass is 16.7. The molecule has 2 aliphatic heterocycles. The fraction of sp³-hybridized carbons (Fsp3) is 0.0556. The topological polar surface area (TPSA) is 71.0 Å². The van der Waals surface area contributed by atoms with E-state index in [1.807, 2.05) is 43.3 Å². The number of aryl methyl sites for hydroxylation is 1. The van der Waals surface area contributed by atoms with Gasteiger partial charge in [-0.25, -0.2) is 14.8 Å². The van der Waals surface area contributed by atoms with Crippen molar-refractivity contribution >= 4 is 23.1 Å². The largest absolute Gasteiger partial charge is 0.376 e. The second kappa shape index (κ2) is 5.43. The highest BCUT2D eigenvalue weighted by molar-refractivity contribution is 6.20. The molecular weight excluding hydrogens is 306 g/mol. The number of hydrogen-bond acceptors (Lipinski definition) is 5. The SMILES string of the molecule is Cc1ccc(N2NOC(=O)C2=CC2=c3ccccc3=NC2=O)cc1. The second-order valence-corrected chi connectivity index (χ2v) is 5.53. The fourth-order valence-electron chi connectivity index (χ4n) is 2.65. The summed E-state index contributed by atoms with van der Waals surface area (Å²) in [6, 6.07) is 14.8. The zero-order chi connectivity index (χ0) is 16.7. The predicted octanol–water partition coefficient (Wildman–Crippen LogP) is 0.672. The van der Waals surface area contributed by atoms with Crippen molar-refractivity contribution < 1.29 is 14.4 Å². The average Bonchev–Trinajstić information content (AvgIpc) is 3.10. The molecule has 24 heavy (non-hydrogen) atoms. The Balaban J connectivity index is 1.83. The van der Waals surface area contributed by atoms with Crippen LogP contribution in [0.5, 0.6) is 0 Å². The molecule has 1 N–H and O–H groups in total. The minimum Gasteiger partial charge on any atom is -0.345 e. The highest BCUT2D eigenvalue weighted by Crippen LogP contribution is 2.23. The maximum atomic E-state index is 12.2. The van der Waals surface area contributed by atoms with E-state index in [-0.39, 0.29) is 11.6 Å². The van der Waals surface area contributed by atoms with Gasteiger partial charge in [-0.2, -0.15) is 0 Å². The number of hydrazine groups is 1. The zero-order valence-corrected chi connectivity index (χ0v) is 12.8. The lowest BCUT2D eigenvalue weighted by Gasteiger charge is -2.15. The first kappa shape index (κ1) is 14.3. The number of carbonyl (C=O) groups excluding carboxylic acids is 2. The molecule has 6 heteroatoms. The third-order valence-electron chi connectivity index (χ3n) is 3.90. The molecule has 2 aliphatic rings. The van der Waals surface area contributed by atoms with E-state index in [4.69, 9.17) is 4.84 Å². The molecule has 1 amide bonds. The molecule has 0 unspecified atom stereocenters. The van der Waals surface area contributed by atoms with Crippen molar-refractivity contribution in [2.75, 3.05) is 5.01 Å². The van der Waals surface area contributed by atoms with Crippen molar-refractivity contribution in [3.63, 3.8) is 0 Å². The van der Waals surface area contributed by atoms with Crippen LogP contribution in [-0.4, -0.2) is 11.9 Å². The lowest BCUT2D eigenvalue weighted by atomic mass is 10.1. The van der Waals surface area contributed by atoms with Gasteiger partial charge in [0.1, 0.15) is 5.70 Å². The molecule has 2 heterocycles. The minimum absolute atomic E-state index is 0.231. The first-order chi connectivity index (χ1) is 11.6. The van der Waals surface area contributed by atoms with Gasteiger partial charge in [0.25, 0.3) is 5.91 Å². The van der Waals surface area contributed by atoms with Crippen LogP contribution in [0.1, 0.15) is 5.56 Å². The van der Waals surface area contributed by atoms with Gasteiger partial charge in [-0.05, 0) is 31.2 Å². The van der Waals surface area contributed by atoms with Crippen LogP contribution in [0.3, 0.4) is 0 Å². The number of benzene rings is 2. The van der Waals surface area contributed by atoms with E-state index in [2.05, 4.69) is 10.6 Å². The molecule has 6 nitrogen and oxygen atoms in total. The Hall–Kier alpha value is -3.25. The first-order valence-corrected chi connectivity index (χ1v) is 7.41. The van der Waals surface area contributed by atoms with Crippen molar-refractivity contribution in [3.05, 3.63) is 76.4 Å². The summed E-state index contributed by atoms with van der Waals surface area (Å²) >= 11 is 0. The number of rotatable bonds is 2. The van der Waals surface area contributed by atoms with Gasteiger partial charge in [-0.3, -0.25) is 4.79 Å². The predicted molar refractivity (Wildman–Crippen MR) is 86.6 cm³/mol. The molecule has 0 saturated carbocycles. The van der Waals surface area contributed by atoms with Crippen LogP contribution in [-0.2, 0) is 14.4 Å². The molecule has 1 fully saturated rings. The number of nitrogens with zero attached hydrogens (tertiary/aromatic N) is 2. The van der Waals surface area contributed by atoms with Crippen molar-refractivity contribution in [3.8, 4) is 0 Å². The van der Waals surface area contributed by atoms with Crippen molar-refractivity contribution in [2.24, 2.45) is 4.99 Å². The van der Waals surface area contributed by atoms with Gasteiger partial charge in [-0.15, -0.1) is 0 Å². The third kappa shape index (κ3) is 2.29. The van der Waals surface area contributed by atoms with Crippen LogP contribution in [0, 0.1) is 6.92 Å². The monoisotopic (exact) mass is 319 g/mol. The summed E-state index contributed by atoms with van der Waals surface area (Å²) < 4.78 is 0. The average molecular weight is 319 g/mol. The maximum absolute atomic E-state index is 12.2. The highest BCUT2D eigenvalue weighted by Gasteiger charge is 2.30. The van der Waals surface area contributed by atoms with Crippen molar-refractivity contribution in [1.29, 1.82) is 0 Å². The number of anilines is 1. The Labute approximate surface area is 137 Å². The smallest absolute Gasteiger partial charge is 0.345 e. The van der Waals surface area contributed by atoms with Crippen LogP contribution in [0.4, 0.5) is 5.69 Å². The number of hydrogen-bond donors (Lipinski definition) is 1. The lowest BCUT2D eigenvalue weighted by Crippen LogP contribution is -2.29. The van der Waals surface area contributed by atoms with Gasteiger partial charge in [0.05, 0.1) is 16.6 Å². The number of fused-ring (bicyclic) bond motifs is 1. The molecule has 0 aromatic heterocycles. The number of carbonyl (C=O) groups is 2.